The van der Waals surface area contributed by atoms with Crippen LogP contribution in [0.2, 0.25) is 0 Å². The van der Waals surface area contributed by atoms with E-state index in [-0.39, 0.29) is 0 Å². The van der Waals surface area contributed by atoms with Gasteiger partial charge in [-0.15, -0.1) is 0 Å². The summed E-state index contributed by atoms with van der Waals surface area (Å²) in [5.74, 6) is 0. The Morgan fingerprint density at radius 1 is 1.23 bits per heavy atom. The number of halogens is 1. The lowest BCUT2D eigenvalue weighted by Crippen LogP contribution is -2.10. The molecule has 0 atom stereocenters. The molecule has 3 aromatic rings. The van der Waals surface area contributed by atoms with Crippen molar-refractivity contribution in [2.75, 3.05) is 11.0 Å². The first-order chi connectivity index (χ1) is 10.4. The van der Waals surface area contributed by atoms with Crippen LogP contribution in [0, 0.1) is 0 Å². The molecule has 2 aromatic carbocycles. The highest BCUT2D eigenvalue weighted by atomic mass is 79.9. The fourth-order valence-electron chi connectivity index (χ4n) is 2.31. The second-order valence-electron chi connectivity index (χ2n) is 5.05. The Balaban J connectivity index is 2.07. The highest BCUT2D eigenvalue weighted by Crippen LogP contribution is 2.28. The number of imidazole rings is 1. The molecular formula is C15H14BrN3O2S. The molecule has 0 spiro atoms. The van der Waals surface area contributed by atoms with Crippen LogP contribution >= 0.6 is 15.9 Å². The number of hydrogen-bond acceptors (Lipinski definition) is 3. The van der Waals surface area contributed by atoms with E-state index in [0.29, 0.717) is 17.7 Å². The Bertz CT molecular complexity index is 921. The molecule has 0 saturated heterocycles. The molecule has 1 aromatic heterocycles. The summed E-state index contributed by atoms with van der Waals surface area (Å²) >= 11 is 3.42. The smallest absolute Gasteiger partial charge is 0.229 e. The zero-order chi connectivity index (χ0) is 15.7. The SMILES string of the molecule is CS(=O)(=O)Nc1cc(Br)cc2c1ncn2Cc1ccccc1. The van der Waals surface area contributed by atoms with E-state index in [9.17, 15) is 8.42 Å². The van der Waals surface area contributed by atoms with Gasteiger partial charge in [0, 0.05) is 11.0 Å². The van der Waals surface area contributed by atoms with Crippen molar-refractivity contribution < 1.29 is 8.42 Å². The normalized spacial score (nSPS) is 11.7. The molecular weight excluding hydrogens is 366 g/mol. The minimum atomic E-state index is -3.36. The summed E-state index contributed by atoms with van der Waals surface area (Å²) in [4.78, 5) is 4.36. The van der Waals surface area contributed by atoms with Gasteiger partial charge in [0.2, 0.25) is 10.0 Å². The molecule has 1 heterocycles. The number of aromatic nitrogens is 2. The number of hydrogen-bond donors (Lipinski definition) is 1. The highest BCUT2D eigenvalue weighted by molar-refractivity contribution is 9.10. The molecule has 0 aliphatic heterocycles. The lowest BCUT2D eigenvalue weighted by molar-refractivity contribution is 0.607. The van der Waals surface area contributed by atoms with Gasteiger partial charge in [-0.3, -0.25) is 4.72 Å². The Labute approximate surface area is 137 Å². The molecule has 0 saturated carbocycles. The maximum Gasteiger partial charge on any atom is 0.229 e. The van der Waals surface area contributed by atoms with Crippen molar-refractivity contribution in [1.82, 2.24) is 9.55 Å². The molecule has 0 fully saturated rings. The van der Waals surface area contributed by atoms with Gasteiger partial charge in [0.25, 0.3) is 0 Å². The van der Waals surface area contributed by atoms with Crippen LogP contribution in [0.25, 0.3) is 11.0 Å². The number of fused-ring (bicyclic) bond motifs is 1. The highest BCUT2D eigenvalue weighted by Gasteiger charge is 2.12. The number of nitrogens with one attached hydrogen (secondary N) is 1. The van der Waals surface area contributed by atoms with Gasteiger partial charge in [0.05, 0.1) is 23.8 Å². The summed E-state index contributed by atoms with van der Waals surface area (Å²) in [7, 11) is -3.36. The van der Waals surface area contributed by atoms with Gasteiger partial charge < -0.3 is 4.57 Å². The van der Waals surface area contributed by atoms with Gasteiger partial charge in [0.1, 0.15) is 5.52 Å². The van der Waals surface area contributed by atoms with E-state index in [1.54, 1.807) is 12.4 Å². The van der Waals surface area contributed by atoms with Crippen molar-refractivity contribution in [3.8, 4) is 0 Å². The van der Waals surface area contributed by atoms with E-state index in [1.807, 2.05) is 41.0 Å². The maximum atomic E-state index is 11.5. The molecule has 22 heavy (non-hydrogen) atoms. The van der Waals surface area contributed by atoms with E-state index in [1.165, 1.54) is 0 Å². The average Bonchev–Trinajstić information content (AvgIpc) is 2.81. The third kappa shape index (κ3) is 3.31. The lowest BCUT2D eigenvalue weighted by Gasteiger charge is -2.08. The number of rotatable bonds is 4. The molecule has 0 amide bonds. The summed E-state index contributed by atoms with van der Waals surface area (Å²) in [5.41, 5.74) is 3.12. The Morgan fingerprint density at radius 2 is 1.95 bits per heavy atom. The van der Waals surface area contributed by atoms with Crippen molar-refractivity contribution in [2.45, 2.75) is 6.54 Å². The van der Waals surface area contributed by atoms with Crippen LogP contribution in [0.15, 0.2) is 53.3 Å². The molecule has 114 valence electrons. The first-order valence-corrected chi connectivity index (χ1v) is 9.27. The molecule has 0 radical (unpaired) electrons. The molecule has 0 bridgehead atoms. The first kappa shape index (κ1) is 15.1. The van der Waals surface area contributed by atoms with Crippen LogP contribution in [-0.2, 0) is 16.6 Å². The maximum absolute atomic E-state index is 11.5. The number of sulfonamides is 1. The standard InChI is InChI=1S/C15H14BrN3O2S/c1-22(20,21)18-13-7-12(16)8-14-15(13)17-10-19(14)9-11-5-3-2-4-6-11/h2-8,10,18H,9H2,1H3. The van der Waals surface area contributed by atoms with E-state index in [4.69, 9.17) is 0 Å². The summed E-state index contributed by atoms with van der Waals surface area (Å²) in [6, 6.07) is 13.7. The molecule has 7 heteroatoms. The zero-order valence-electron chi connectivity index (χ0n) is 11.8. The minimum absolute atomic E-state index is 0.471. The van der Waals surface area contributed by atoms with E-state index in [0.717, 1.165) is 21.8 Å². The largest absolute Gasteiger partial charge is 0.326 e. The van der Waals surface area contributed by atoms with Crippen molar-refractivity contribution in [2.24, 2.45) is 0 Å². The van der Waals surface area contributed by atoms with Gasteiger partial charge in [0.15, 0.2) is 0 Å². The summed E-state index contributed by atoms with van der Waals surface area (Å²) < 4.78 is 28.3. The quantitative estimate of drug-likeness (QED) is 0.756. The van der Waals surface area contributed by atoms with Crippen LogP contribution < -0.4 is 4.72 Å². The van der Waals surface area contributed by atoms with Crippen LogP contribution in [0.5, 0.6) is 0 Å². The molecule has 0 unspecified atom stereocenters. The lowest BCUT2D eigenvalue weighted by atomic mass is 10.2. The molecule has 3 rings (SSSR count). The predicted molar refractivity (Wildman–Crippen MR) is 91.4 cm³/mol. The van der Waals surface area contributed by atoms with Crippen LogP contribution in [0.3, 0.4) is 0 Å². The Hall–Kier alpha value is -1.86. The minimum Gasteiger partial charge on any atom is -0.326 e. The number of anilines is 1. The van der Waals surface area contributed by atoms with Gasteiger partial charge in [-0.2, -0.15) is 0 Å². The Kier molecular flexibility index (Phi) is 3.92. The second kappa shape index (κ2) is 5.73. The third-order valence-corrected chi connectivity index (χ3v) is 4.23. The monoisotopic (exact) mass is 379 g/mol. The van der Waals surface area contributed by atoms with E-state index >= 15 is 0 Å². The van der Waals surface area contributed by atoms with Crippen molar-refractivity contribution in [1.29, 1.82) is 0 Å². The van der Waals surface area contributed by atoms with E-state index in [2.05, 4.69) is 25.6 Å². The fourth-order valence-corrected chi connectivity index (χ4v) is 3.31. The fraction of sp³-hybridized carbons (Fsp3) is 0.133. The van der Waals surface area contributed by atoms with E-state index < -0.39 is 10.0 Å². The molecule has 0 aliphatic carbocycles. The van der Waals surface area contributed by atoms with Gasteiger partial charge in [-0.25, -0.2) is 13.4 Å². The van der Waals surface area contributed by atoms with Crippen LogP contribution in [0.4, 0.5) is 5.69 Å². The number of benzene rings is 2. The van der Waals surface area contributed by atoms with Gasteiger partial charge >= 0.3 is 0 Å². The van der Waals surface area contributed by atoms with Crippen LogP contribution in [0.1, 0.15) is 5.56 Å². The Morgan fingerprint density at radius 3 is 2.64 bits per heavy atom. The third-order valence-electron chi connectivity index (χ3n) is 3.18. The summed E-state index contributed by atoms with van der Waals surface area (Å²) in [5, 5.41) is 0. The van der Waals surface area contributed by atoms with Gasteiger partial charge in [-0.1, -0.05) is 46.3 Å². The number of nitrogens with zero attached hydrogens (tertiary/aromatic N) is 2. The predicted octanol–water partition coefficient (Wildman–Crippen LogP) is 3.22. The van der Waals surface area contributed by atoms with Crippen molar-refractivity contribution in [3.63, 3.8) is 0 Å². The van der Waals surface area contributed by atoms with Gasteiger partial charge in [-0.05, 0) is 17.7 Å². The molecule has 1 N–H and O–H groups in total. The van der Waals surface area contributed by atoms with Crippen molar-refractivity contribution >= 4 is 42.7 Å². The summed E-state index contributed by atoms with van der Waals surface area (Å²) in [6.07, 6.45) is 2.85. The van der Waals surface area contributed by atoms with Crippen LogP contribution in [-0.4, -0.2) is 24.2 Å². The summed E-state index contributed by atoms with van der Waals surface area (Å²) in [6.45, 7) is 0.673. The van der Waals surface area contributed by atoms with Crippen molar-refractivity contribution in [3.05, 3.63) is 58.8 Å². The topological polar surface area (TPSA) is 64.0 Å². The average molecular weight is 380 g/mol. The second-order valence-corrected chi connectivity index (χ2v) is 7.72. The first-order valence-electron chi connectivity index (χ1n) is 6.58. The molecule has 0 aliphatic rings. The zero-order valence-corrected chi connectivity index (χ0v) is 14.2. The molecule has 5 nitrogen and oxygen atoms in total.